The number of likely N-dealkylation sites (N-methyl/N-ethyl adjacent to an activating group) is 1. The third kappa shape index (κ3) is 2.48. The number of benzene rings is 1. The molecule has 2 N–H and O–H groups in total. The van der Waals surface area contributed by atoms with Crippen molar-refractivity contribution in [1.82, 2.24) is 5.32 Å². The molecule has 4 heteroatoms. The van der Waals surface area contributed by atoms with Crippen LogP contribution in [0.1, 0.15) is 31.4 Å². The molecule has 1 amide bonds. The van der Waals surface area contributed by atoms with Crippen LogP contribution in [0.4, 0.5) is 5.69 Å². The summed E-state index contributed by atoms with van der Waals surface area (Å²) in [6, 6.07) is 7.72. The highest BCUT2D eigenvalue weighted by Gasteiger charge is 2.29. The molecule has 0 saturated carbocycles. The average Bonchev–Trinajstić information content (AvgIpc) is 2.87. The monoisotopic (exact) mass is 248 g/mol. The van der Waals surface area contributed by atoms with Crippen LogP contribution >= 0.6 is 0 Å². The Kier molecular flexibility index (Phi) is 3.87. The highest BCUT2D eigenvalue weighted by molar-refractivity contribution is 5.85. The lowest BCUT2D eigenvalue weighted by atomic mass is 10.1. The number of amides is 1. The summed E-state index contributed by atoms with van der Waals surface area (Å²) in [6.45, 7) is 2.66. The first-order valence-electron chi connectivity index (χ1n) is 6.39. The highest BCUT2D eigenvalue weighted by Crippen LogP contribution is 2.26. The Balaban J connectivity index is 2.17. The fourth-order valence-electron chi connectivity index (χ4n) is 2.46. The van der Waals surface area contributed by atoms with Crippen molar-refractivity contribution in [1.29, 1.82) is 0 Å². The number of rotatable bonds is 3. The fraction of sp³-hybridized carbons (Fsp3) is 0.500. The van der Waals surface area contributed by atoms with Crippen LogP contribution in [0.25, 0.3) is 0 Å². The molecule has 2 atom stereocenters. The van der Waals surface area contributed by atoms with E-state index in [2.05, 4.69) is 10.2 Å². The van der Waals surface area contributed by atoms with Gasteiger partial charge in [-0.05, 0) is 37.5 Å². The van der Waals surface area contributed by atoms with E-state index in [9.17, 15) is 9.90 Å². The van der Waals surface area contributed by atoms with Crippen molar-refractivity contribution in [3.05, 3.63) is 29.8 Å². The molecule has 2 rings (SSSR count). The van der Waals surface area contributed by atoms with Crippen LogP contribution < -0.4 is 10.2 Å². The van der Waals surface area contributed by atoms with Crippen molar-refractivity contribution in [2.24, 2.45) is 0 Å². The standard InChI is InChI=1S/C14H20N2O2/c1-10(17)11-5-7-12(8-6-11)16-9-3-4-13(16)14(18)15-2/h5-8,10,13,17H,3-4,9H2,1-2H3,(H,15,18)/t10-,13?/m1/s1. The van der Waals surface area contributed by atoms with E-state index in [1.54, 1.807) is 14.0 Å². The molecule has 98 valence electrons. The molecular weight excluding hydrogens is 228 g/mol. The fourth-order valence-corrected chi connectivity index (χ4v) is 2.46. The van der Waals surface area contributed by atoms with Crippen LogP contribution in [-0.4, -0.2) is 30.6 Å². The quantitative estimate of drug-likeness (QED) is 0.851. The summed E-state index contributed by atoms with van der Waals surface area (Å²) in [5.74, 6) is 0.0760. The van der Waals surface area contributed by atoms with Crippen molar-refractivity contribution in [2.45, 2.75) is 31.9 Å². The summed E-state index contributed by atoms with van der Waals surface area (Å²) in [5.41, 5.74) is 1.94. The van der Waals surface area contributed by atoms with Crippen LogP contribution in [0, 0.1) is 0 Å². The van der Waals surface area contributed by atoms with Gasteiger partial charge in [0.05, 0.1) is 6.10 Å². The maximum absolute atomic E-state index is 11.8. The zero-order valence-electron chi connectivity index (χ0n) is 10.9. The predicted molar refractivity (Wildman–Crippen MR) is 71.5 cm³/mol. The van der Waals surface area contributed by atoms with Gasteiger partial charge >= 0.3 is 0 Å². The summed E-state index contributed by atoms with van der Waals surface area (Å²) < 4.78 is 0. The van der Waals surface area contributed by atoms with Gasteiger partial charge in [0.2, 0.25) is 5.91 Å². The molecule has 18 heavy (non-hydrogen) atoms. The van der Waals surface area contributed by atoms with Crippen LogP contribution in [0.5, 0.6) is 0 Å². The van der Waals surface area contributed by atoms with Gasteiger partial charge in [-0.3, -0.25) is 4.79 Å². The van der Waals surface area contributed by atoms with Crippen molar-refractivity contribution in [2.75, 3.05) is 18.5 Å². The first-order valence-corrected chi connectivity index (χ1v) is 6.39. The molecule has 1 unspecified atom stereocenters. The summed E-state index contributed by atoms with van der Waals surface area (Å²) in [6.07, 6.45) is 1.49. The lowest BCUT2D eigenvalue weighted by Gasteiger charge is -2.25. The number of carbonyl (C=O) groups is 1. The zero-order valence-corrected chi connectivity index (χ0v) is 10.9. The average molecular weight is 248 g/mol. The number of hydrogen-bond donors (Lipinski definition) is 2. The normalized spacial score (nSPS) is 20.8. The summed E-state index contributed by atoms with van der Waals surface area (Å²) in [5, 5.41) is 12.2. The Bertz CT molecular complexity index is 414. The van der Waals surface area contributed by atoms with Crippen LogP contribution in [-0.2, 0) is 4.79 Å². The highest BCUT2D eigenvalue weighted by atomic mass is 16.3. The van der Waals surface area contributed by atoms with E-state index < -0.39 is 6.10 Å². The van der Waals surface area contributed by atoms with Gasteiger partial charge in [-0.2, -0.15) is 0 Å². The molecule has 0 radical (unpaired) electrons. The first-order chi connectivity index (χ1) is 8.63. The molecule has 1 aliphatic heterocycles. The molecule has 0 spiro atoms. The lowest BCUT2D eigenvalue weighted by Crippen LogP contribution is -2.41. The van der Waals surface area contributed by atoms with Gasteiger partial charge in [0.1, 0.15) is 6.04 Å². The van der Waals surface area contributed by atoms with E-state index in [1.165, 1.54) is 0 Å². The summed E-state index contributed by atoms with van der Waals surface area (Å²) in [4.78, 5) is 13.9. The molecule has 1 aromatic rings. The van der Waals surface area contributed by atoms with Crippen molar-refractivity contribution in [3.8, 4) is 0 Å². The molecule has 1 aliphatic rings. The molecular formula is C14H20N2O2. The molecule has 4 nitrogen and oxygen atoms in total. The summed E-state index contributed by atoms with van der Waals surface area (Å²) in [7, 11) is 1.68. The van der Waals surface area contributed by atoms with Gasteiger partial charge in [0.25, 0.3) is 0 Å². The van der Waals surface area contributed by atoms with Crippen molar-refractivity contribution in [3.63, 3.8) is 0 Å². The predicted octanol–water partition coefficient (Wildman–Crippen LogP) is 1.45. The maximum atomic E-state index is 11.8. The minimum atomic E-state index is -0.452. The Morgan fingerprint density at radius 3 is 2.67 bits per heavy atom. The van der Waals surface area contributed by atoms with E-state index >= 15 is 0 Å². The number of aliphatic hydroxyl groups is 1. The topological polar surface area (TPSA) is 52.6 Å². The number of nitrogens with zero attached hydrogens (tertiary/aromatic N) is 1. The second-order valence-electron chi connectivity index (χ2n) is 4.73. The van der Waals surface area contributed by atoms with Crippen LogP contribution in [0.3, 0.4) is 0 Å². The Morgan fingerprint density at radius 1 is 1.44 bits per heavy atom. The second kappa shape index (κ2) is 5.40. The van der Waals surface area contributed by atoms with E-state index in [1.807, 2.05) is 24.3 Å². The molecule has 0 aliphatic carbocycles. The molecule has 0 bridgehead atoms. The zero-order chi connectivity index (χ0) is 13.1. The first kappa shape index (κ1) is 12.9. The Morgan fingerprint density at radius 2 is 2.11 bits per heavy atom. The number of aliphatic hydroxyl groups excluding tert-OH is 1. The van der Waals surface area contributed by atoms with Crippen LogP contribution in [0.2, 0.25) is 0 Å². The van der Waals surface area contributed by atoms with Gasteiger partial charge < -0.3 is 15.3 Å². The molecule has 1 heterocycles. The van der Waals surface area contributed by atoms with E-state index in [4.69, 9.17) is 0 Å². The Hall–Kier alpha value is -1.55. The van der Waals surface area contributed by atoms with Gasteiger partial charge in [-0.15, -0.1) is 0 Å². The van der Waals surface area contributed by atoms with Crippen molar-refractivity contribution < 1.29 is 9.90 Å². The number of anilines is 1. The van der Waals surface area contributed by atoms with Gasteiger partial charge in [0.15, 0.2) is 0 Å². The number of hydrogen-bond acceptors (Lipinski definition) is 3. The molecule has 1 saturated heterocycles. The van der Waals surface area contributed by atoms with Gasteiger partial charge in [-0.1, -0.05) is 12.1 Å². The molecule has 1 fully saturated rings. The van der Waals surface area contributed by atoms with E-state index in [-0.39, 0.29) is 11.9 Å². The number of carbonyl (C=O) groups excluding carboxylic acids is 1. The van der Waals surface area contributed by atoms with Gasteiger partial charge in [-0.25, -0.2) is 0 Å². The van der Waals surface area contributed by atoms with Crippen LogP contribution in [0.15, 0.2) is 24.3 Å². The largest absolute Gasteiger partial charge is 0.389 e. The van der Waals surface area contributed by atoms with E-state index in [0.717, 1.165) is 30.6 Å². The smallest absolute Gasteiger partial charge is 0.242 e. The third-order valence-electron chi connectivity index (χ3n) is 3.51. The molecule has 1 aromatic carbocycles. The maximum Gasteiger partial charge on any atom is 0.242 e. The van der Waals surface area contributed by atoms with Crippen molar-refractivity contribution >= 4 is 11.6 Å². The minimum Gasteiger partial charge on any atom is -0.389 e. The number of nitrogens with one attached hydrogen (secondary N) is 1. The van der Waals surface area contributed by atoms with E-state index in [0.29, 0.717) is 0 Å². The summed E-state index contributed by atoms with van der Waals surface area (Å²) >= 11 is 0. The minimum absolute atomic E-state index is 0.0626. The second-order valence-corrected chi connectivity index (χ2v) is 4.73. The van der Waals surface area contributed by atoms with Gasteiger partial charge in [0, 0.05) is 19.3 Å². The SMILES string of the molecule is CNC(=O)C1CCCN1c1ccc([C@@H](C)O)cc1. The lowest BCUT2D eigenvalue weighted by molar-refractivity contribution is -0.121. The third-order valence-corrected chi connectivity index (χ3v) is 3.51. The molecule has 0 aromatic heterocycles. The Labute approximate surface area is 108 Å².